The summed E-state index contributed by atoms with van der Waals surface area (Å²) in [6.45, 7) is 1.82. The average molecular weight is 255 g/mol. The lowest BCUT2D eigenvalue weighted by molar-refractivity contribution is 0.242. The van der Waals surface area contributed by atoms with Crippen LogP contribution in [0.25, 0.3) is 11.0 Å². The van der Waals surface area contributed by atoms with E-state index in [2.05, 4.69) is 10.1 Å². The molecule has 3 aromatic rings. The highest BCUT2D eigenvalue weighted by molar-refractivity contribution is 5.86. The molecule has 3 rings (SSSR count). The van der Waals surface area contributed by atoms with Crippen molar-refractivity contribution < 1.29 is 13.7 Å². The Bertz CT molecular complexity index is 767. The van der Waals surface area contributed by atoms with Crippen molar-refractivity contribution in [3.63, 3.8) is 0 Å². The minimum absolute atomic E-state index is 0.0963. The van der Waals surface area contributed by atoms with Gasteiger partial charge in [0.2, 0.25) is 5.76 Å². The molecular formula is C13H9N3O3. The Hall–Kier alpha value is -2.81. The molecule has 0 aliphatic carbocycles. The molecule has 0 N–H and O–H groups in total. The van der Waals surface area contributed by atoms with Crippen LogP contribution in [0.3, 0.4) is 0 Å². The molecule has 19 heavy (non-hydrogen) atoms. The smallest absolute Gasteiger partial charge is 0.264 e. The first-order valence-electron chi connectivity index (χ1n) is 5.61. The van der Waals surface area contributed by atoms with Crippen molar-refractivity contribution in [2.45, 2.75) is 13.5 Å². The molecule has 0 aliphatic heterocycles. The highest BCUT2D eigenvalue weighted by Gasteiger charge is 2.16. The molecule has 1 aromatic carbocycles. The standard InChI is InChI=1S/C13H9N3O3/c1-8-15-12(19-16-8)7-17-13-9-4-2-3-5-10(9)18-11(13)6-14/h2-5H,7H2,1H3. The van der Waals surface area contributed by atoms with Gasteiger partial charge in [0, 0.05) is 0 Å². The molecule has 2 heterocycles. The number of rotatable bonds is 3. The van der Waals surface area contributed by atoms with Gasteiger partial charge in [0.05, 0.1) is 5.39 Å². The molecule has 6 heteroatoms. The fourth-order valence-electron chi connectivity index (χ4n) is 1.77. The van der Waals surface area contributed by atoms with Crippen molar-refractivity contribution in [3.05, 3.63) is 41.7 Å². The number of ether oxygens (including phenoxy) is 1. The number of nitrogens with zero attached hydrogens (tertiary/aromatic N) is 3. The summed E-state index contributed by atoms with van der Waals surface area (Å²) in [5.41, 5.74) is 0.607. The lowest BCUT2D eigenvalue weighted by Gasteiger charge is -2.00. The predicted molar refractivity (Wildman–Crippen MR) is 64.3 cm³/mol. The van der Waals surface area contributed by atoms with Gasteiger partial charge in [-0.15, -0.1) is 0 Å². The Kier molecular flexibility index (Phi) is 2.65. The molecule has 0 saturated carbocycles. The van der Waals surface area contributed by atoms with Crippen LogP contribution in [0.2, 0.25) is 0 Å². The summed E-state index contributed by atoms with van der Waals surface area (Å²) in [5, 5.41) is 13.5. The van der Waals surface area contributed by atoms with Gasteiger partial charge < -0.3 is 13.7 Å². The van der Waals surface area contributed by atoms with E-state index in [0.29, 0.717) is 23.0 Å². The Labute approximate surface area is 108 Å². The van der Waals surface area contributed by atoms with Crippen LogP contribution in [0, 0.1) is 18.3 Å². The van der Waals surface area contributed by atoms with Crippen LogP contribution in [0.1, 0.15) is 17.5 Å². The number of aromatic nitrogens is 2. The Morgan fingerprint density at radius 1 is 1.37 bits per heavy atom. The van der Waals surface area contributed by atoms with Crippen LogP contribution >= 0.6 is 0 Å². The van der Waals surface area contributed by atoms with Gasteiger partial charge in [-0.25, -0.2) is 0 Å². The van der Waals surface area contributed by atoms with Crippen molar-refractivity contribution in [3.8, 4) is 11.8 Å². The van der Waals surface area contributed by atoms with Gasteiger partial charge in [-0.1, -0.05) is 17.3 Å². The lowest BCUT2D eigenvalue weighted by Crippen LogP contribution is -1.96. The third kappa shape index (κ3) is 2.02. The molecule has 0 unspecified atom stereocenters. The summed E-state index contributed by atoms with van der Waals surface area (Å²) < 4.78 is 15.9. The van der Waals surface area contributed by atoms with Crippen LogP contribution in [-0.2, 0) is 6.61 Å². The largest absolute Gasteiger partial charge is 0.478 e. The monoisotopic (exact) mass is 255 g/mol. The molecule has 6 nitrogen and oxygen atoms in total. The molecule has 0 aliphatic rings. The molecule has 2 aromatic heterocycles. The summed E-state index contributed by atoms with van der Waals surface area (Å²) in [5.74, 6) is 1.43. The number of aryl methyl sites for hydroxylation is 1. The molecule has 94 valence electrons. The van der Waals surface area contributed by atoms with E-state index in [-0.39, 0.29) is 12.4 Å². The second-order valence-corrected chi connectivity index (χ2v) is 3.89. The van der Waals surface area contributed by atoms with Crippen molar-refractivity contribution in [2.75, 3.05) is 0 Å². The Morgan fingerprint density at radius 3 is 2.95 bits per heavy atom. The van der Waals surface area contributed by atoms with E-state index in [1.807, 2.05) is 24.3 Å². The van der Waals surface area contributed by atoms with E-state index < -0.39 is 0 Å². The topological polar surface area (TPSA) is 85.1 Å². The average Bonchev–Trinajstić information content (AvgIpc) is 2.99. The fourth-order valence-corrected chi connectivity index (χ4v) is 1.77. The molecule has 0 spiro atoms. The molecule has 0 radical (unpaired) electrons. The third-order valence-electron chi connectivity index (χ3n) is 2.56. The van der Waals surface area contributed by atoms with E-state index in [1.165, 1.54) is 0 Å². The number of nitriles is 1. The summed E-state index contributed by atoms with van der Waals surface area (Å²) >= 11 is 0. The molecule has 0 saturated heterocycles. The fraction of sp³-hybridized carbons (Fsp3) is 0.154. The minimum atomic E-state index is 0.0963. The number of fused-ring (bicyclic) bond motifs is 1. The van der Waals surface area contributed by atoms with Crippen LogP contribution in [0.5, 0.6) is 5.75 Å². The van der Waals surface area contributed by atoms with Crippen LogP contribution in [-0.4, -0.2) is 10.1 Å². The van der Waals surface area contributed by atoms with Crippen molar-refractivity contribution >= 4 is 11.0 Å². The van der Waals surface area contributed by atoms with Gasteiger partial charge in [-0.2, -0.15) is 10.2 Å². The Morgan fingerprint density at radius 2 is 2.21 bits per heavy atom. The number of hydrogen-bond donors (Lipinski definition) is 0. The van der Waals surface area contributed by atoms with E-state index >= 15 is 0 Å². The van der Waals surface area contributed by atoms with E-state index in [4.69, 9.17) is 18.9 Å². The number of hydrogen-bond acceptors (Lipinski definition) is 6. The maximum atomic E-state index is 9.05. The maximum absolute atomic E-state index is 9.05. The van der Waals surface area contributed by atoms with E-state index in [0.717, 1.165) is 5.39 Å². The van der Waals surface area contributed by atoms with Gasteiger partial charge in [0.15, 0.2) is 18.2 Å². The van der Waals surface area contributed by atoms with Gasteiger partial charge in [-0.3, -0.25) is 0 Å². The SMILES string of the molecule is Cc1noc(COc2c(C#N)oc3ccccc23)n1. The van der Waals surface area contributed by atoms with Crippen LogP contribution in [0.15, 0.2) is 33.2 Å². The number of para-hydroxylation sites is 1. The molecule has 0 bridgehead atoms. The molecular weight excluding hydrogens is 246 g/mol. The first kappa shape index (κ1) is 11.3. The van der Waals surface area contributed by atoms with Gasteiger partial charge in [0.25, 0.3) is 5.89 Å². The van der Waals surface area contributed by atoms with Gasteiger partial charge >= 0.3 is 0 Å². The van der Waals surface area contributed by atoms with Crippen molar-refractivity contribution in [2.24, 2.45) is 0 Å². The zero-order valence-corrected chi connectivity index (χ0v) is 10.1. The third-order valence-corrected chi connectivity index (χ3v) is 2.56. The second kappa shape index (κ2) is 4.46. The lowest BCUT2D eigenvalue weighted by atomic mass is 10.2. The summed E-state index contributed by atoms with van der Waals surface area (Å²) in [4.78, 5) is 4.03. The normalized spacial score (nSPS) is 10.5. The van der Waals surface area contributed by atoms with Crippen LogP contribution < -0.4 is 4.74 Å². The van der Waals surface area contributed by atoms with Crippen molar-refractivity contribution in [1.82, 2.24) is 10.1 Å². The molecule has 0 amide bonds. The maximum Gasteiger partial charge on any atom is 0.264 e. The van der Waals surface area contributed by atoms with Gasteiger partial charge in [0.1, 0.15) is 11.7 Å². The highest BCUT2D eigenvalue weighted by Crippen LogP contribution is 2.32. The minimum Gasteiger partial charge on any atom is -0.478 e. The Balaban J connectivity index is 1.93. The highest BCUT2D eigenvalue weighted by atomic mass is 16.5. The molecule has 0 atom stereocenters. The first-order chi connectivity index (χ1) is 9.28. The quantitative estimate of drug-likeness (QED) is 0.715. The summed E-state index contributed by atoms with van der Waals surface area (Å²) in [6, 6.07) is 9.25. The predicted octanol–water partition coefficient (Wildman–Crippen LogP) is 2.57. The summed E-state index contributed by atoms with van der Waals surface area (Å²) in [7, 11) is 0. The second-order valence-electron chi connectivity index (χ2n) is 3.89. The first-order valence-corrected chi connectivity index (χ1v) is 5.61. The zero-order valence-electron chi connectivity index (χ0n) is 10.1. The number of benzene rings is 1. The van der Waals surface area contributed by atoms with Crippen LogP contribution in [0.4, 0.5) is 0 Å². The zero-order chi connectivity index (χ0) is 13.2. The van der Waals surface area contributed by atoms with Gasteiger partial charge in [-0.05, 0) is 19.1 Å². The number of furan rings is 1. The van der Waals surface area contributed by atoms with Crippen molar-refractivity contribution in [1.29, 1.82) is 5.26 Å². The molecule has 0 fully saturated rings. The van der Waals surface area contributed by atoms with E-state index in [9.17, 15) is 0 Å². The summed E-state index contributed by atoms with van der Waals surface area (Å²) in [6.07, 6.45) is 0. The van der Waals surface area contributed by atoms with E-state index in [1.54, 1.807) is 13.0 Å².